The fourth-order valence-electron chi connectivity index (χ4n) is 7.32. The first-order chi connectivity index (χ1) is 22.5. The molecule has 5 heterocycles. The molecular formula is C36H36F2N6O3. The molecule has 5 aromatic rings. The van der Waals surface area contributed by atoms with E-state index in [0.717, 1.165) is 0 Å². The van der Waals surface area contributed by atoms with Gasteiger partial charge in [0.1, 0.15) is 5.82 Å². The summed E-state index contributed by atoms with van der Waals surface area (Å²) in [6.07, 6.45) is 5.01. The lowest BCUT2D eigenvalue weighted by atomic mass is 9.93. The number of aryl methyl sites for hydroxylation is 2. The number of carbonyl (C=O) groups is 1. The maximum Gasteiger partial charge on any atom is 0.300 e. The average Bonchev–Trinajstić information content (AvgIpc) is 3.44. The van der Waals surface area contributed by atoms with Crippen molar-refractivity contribution in [1.29, 1.82) is 0 Å². The number of amides is 1. The lowest BCUT2D eigenvalue weighted by molar-refractivity contribution is -0.128. The highest BCUT2D eigenvalue weighted by molar-refractivity contribution is 6.03. The van der Waals surface area contributed by atoms with Gasteiger partial charge in [-0.1, -0.05) is 26.5 Å². The summed E-state index contributed by atoms with van der Waals surface area (Å²) in [5, 5.41) is 7.78. The molecule has 2 aliphatic rings. The third-order valence-corrected chi connectivity index (χ3v) is 9.57. The summed E-state index contributed by atoms with van der Waals surface area (Å²) in [4.78, 5) is 35.9. The molecule has 2 aromatic carbocycles. The van der Waals surface area contributed by atoms with Crippen molar-refractivity contribution in [2.75, 3.05) is 24.6 Å². The number of anilines is 1. The van der Waals surface area contributed by atoms with Gasteiger partial charge in [0.25, 0.3) is 5.56 Å². The number of rotatable bonds is 4. The Morgan fingerprint density at radius 2 is 1.89 bits per heavy atom. The van der Waals surface area contributed by atoms with Crippen LogP contribution in [0.2, 0.25) is 0 Å². The zero-order valence-electron chi connectivity index (χ0n) is 27.0. The summed E-state index contributed by atoms with van der Waals surface area (Å²) in [6.45, 7) is 14.0. The van der Waals surface area contributed by atoms with E-state index in [1.54, 1.807) is 36.4 Å². The van der Waals surface area contributed by atoms with Gasteiger partial charge in [-0.3, -0.25) is 24.2 Å². The van der Waals surface area contributed by atoms with Gasteiger partial charge in [0.2, 0.25) is 11.7 Å². The molecule has 0 bridgehead atoms. The van der Waals surface area contributed by atoms with Crippen molar-refractivity contribution in [2.24, 2.45) is 0 Å². The van der Waals surface area contributed by atoms with Crippen molar-refractivity contribution in [3.63, 3.8) is 0 Å². The average molecular weight is 639 g/mol. The summed E-state index contributed by atoms with van der Waals surface area (Å²) in [5.74, 6) is -1.93. The van der Waals surface area contributed by atoms with E-state index in [-0.39, 0.29) is 52.7 Å². The Bertz CT molecular complexity index is 2170. The number of H-pyrrole nitrogens is 1. The second-order valence-electron chi connectivity index (χ2n) is 12.9. The summed E-state index contributed by atoms with van der Waals surface area (Å²) in [5.41, 5.74) is 2.85. The summed E-state index contributed by atoms with van der Waals surface area (Å²) in [7, 11) is 0. The van der Waals surface area contributed by atoms with Gasteiger partial charge in [-0.25, -0.2) is 8.78 Å². The van der Waals surface area contributed by atoms with Crippen LogP contribution in [0.3, 0.4) is 0 Å². The highest BCUT2D eigenvalue weighted by Gasteiger charge is 2.40. The van der Waals surface area contributed by atoms with Gasteiger partial charge < -0.3 is 14.5 Å². The molecule has 0 saturated carbocycles. The van der Waals surface area contributed by atoms with Crippen LogP contribution in [-0.4, -0.2) is 62.3 Å². The van der Waals surface area contributed by atoms with Crippen LogP contribution in [0.15, 0.2) is 54.1 Å². The Labute approximate surface area is 270 Å². The van der Waals surface area contributed by atoms with Crippen molar-refractivity contribution in [3.05, 3.63) is 88.1 Å². The molecule has 0 radical (unpaired) electrons. The van der Waals surface area contributed by atoms with Gasteiger partial charge in [-0.15, -0.1) is 0 Å². The summed E-state index contributed by atoms with van der Waals surface area (Å²) in [6, 6.07) is 6.18. The smallest absolute Gasteiger partial charge is 0.300 e. The van der Waals surface area contributed by atoms with E-state index in [4.69, 9.17) is 4.74 Å². The molecule has 11 heteroatoms. The lowest BCUT2D eigenvalue weighted by Crippen LogP contribution is -2.59. The number of carbonyl (C=O) groups excluding carboxylic acids is 1. The minimum absolute atomic E-state index is 0.0216. The van der Waals surface area contributed by atoms with Crippen molar-refractivity contribution in [2.45, 2.75) is 59.0 Å². The molecule has 1 amide bonds. The topological polar surface area (TPSA) is 96.3 Å². The monoisotopic (exact) mass is 638 g/mol. The predicted molar refractivity (Wildman–Crippen MR) is 179 cm³/mol. The normalized spacial score (nSPS) is 17.9. The van der Waals surface area contributed by atoms with E-state index in [1.807, 2.05) is 38.7 Å². The van der Waals surface area contributed by atoms with Crippen LogP contribution in [0.1, 0.15) is 49.9 Å². The number of fused-ring (bicyclic) bond motifs is 6. The van der Waals surface area contributed by atoms with Crippen LogP contribution in [0.25, 0.3) is 38.6 Å². The second kappa shape index (κ2) is 11.3. The first-order valence-corrected chi connectivity index (χ1v) is 15.9. The first-order valence-electron chi connectivity index (χ1n) is 15.9. The van der Waals surface area contributed by atoms with Crippen molar-refractivity contribution >= 4 is 33.4 Å². The lowest BCUT2D eigenvalue weighted by Gasteiger charge is -2.45. The van der Waals surface area contributed by atoms with Crippen LogP contribution >= 0.6 is 0 Å². The van der Waals surface area contributed by atoms with E-state index in [9.17, 15) is 9.59 Å². The number of ether oxygens (including phenoxy) is 1. The molecule has 0 spiro atoms. The molecule has 1 saturated heterocycles. The van der Waals surface area contributed by atoms with Gasteiger partial charge in [-0.2, -0.15) is 5.10 Å². The SMILES string of the molecule is C=CC(=O)N1CC2CCOc3c(c4cc(F)c(-c5c(C)ccc6[nH]ncc56)c(F)c4n(-c4c(C)ccnc4C(C)C)c3=O)N2CC1C. The van der Waals surface area contributed by atoms with E-state index in [1.165, 1.54) is 16.7 Å². The highest BCUT2D eigenvalue weighted by Crippen LogP contribution is 2.45. The van der Waals surface area contributed by atoms with Crippen LogP contribution in [0, 0.1) is 25.5 Å². The molecule has 1 fully saturated rings. The Hall–Kier alpha value is -5.06. The zero-order chi connectivity index (χ0) is 33.3. The van der Waals surface area contributed by atoms with Crippen molar-refractivity contribution in [3.8, 4) is 22.6 Å². The predicted octanol–water partition coefficient (Wildman–Crippen LogP) is 6.32. The standard InChI is InChI=1S/C36H36F2N6O3/c1-7-27(45)42-17-22-11-13-47-35-34(43(22)16-21(42)6)23-14-25(37)29(28-19(4)8-9-26-24(28)15-40-41-26)30(38)33(23)44(36(35)46)32-20(5)10-12-39-31(32)18(2)3/h7-10,12,14-15,18,21-22H,1,11,13,16-17H2,2-6H3,(H,40,41). The number of hydrogen-bond donors (Lipinski definition) is 1. The Kier molecular flexibility index (Phi) is 7.37. The van der Waals surface area contributed by atoms with E-state index < -0.39 is 17.2 Å². The van der Waals surface area contributed by atoms with Crippen molar-refractivity contribution < 1.29 is 18.3 Å². The third-order valence-electron chi connectivity index (χ3n) is 9.57. The molecule has 2 atom stereocenters. The highest BCUT2D eigenvalue weighted by atomic mass is 19.1. The minimum Gasteiger partial charge on any atom is -0.486 e. The molecule has 2 aliphatic heterocycles. The molecule has 47 heavy (non-hydrogen) atoms. The Balaban J connectivity index is 1.62. The van der Waals surface area contributed by atoms with Gasteiger partial charge in [-0.05, 0) is 62.1 Å². The number of halogens is 2. The van der Waals surface area contributed by atoms with E-state index >= 15 is 8.78 Å². The largest absolute Gasteiger partial charge is 0.486 e. The van der Waals surface area contributed by atoms with Crippen molar-refractivity contribution in [1.82, 2.24) is 24.6 Å². The van der Waals surface area contributed by atoms with Crippen LogP contribution in [0.4, 0.5) is 14.5 Å². The number of benzene rings is 2. The van der Waals surface area contributed by atoms with E-state index in [0.29, 0.717) is 64.2 Å². The molecule has 9 nitrogen and oxygen atoms in total. The van der Waals surface area contributed by atoms with Gasteiger partial charge in [0, 0.05) is 48.1 Å². The number of piperazine rings is 1. The summed E-state index contributed by atoms with van der Waals surface area (Å²) < 4.78 is 41.9. The number of aromatic amines is 1. The molecule has 7 rings (SSSR count). The Morgan fingerprint density at radius 3 is 2.64 bits per heavy atom. The second-order valence-corrected chi connectivity index (χ2v) is 12.9. The number of hydrogen-bond acceptors (Lipinski definition) is 6. The van der Waals surface area contributed by atoms with Gasteiger partial charge in [0.05, 0.1) is 52.5 Å². The molecule has 242 valence electrons. The zero-order valence-corrected chi connectivity index (χ0v) is 27.0. The molecular weight excluding hydrogens is 602 g/mol. The number of nitrogens with zero attached hydrogens (tertiary/aromatic N) is 5. The maximum atomic E-state index is 17.6. The summed E-state index contributed by atoms with van der Waals surface area (Å²) >= 11 is 0. The number of nitrogens with one attached hydrogen (secondary N) is 1. The third kappa shape index (κ3) is 4.62. The fourth-order valence-corrected chi connectivity index (χ4v) is 7.32. The quantitative estimate of drug-likeness (QED) is 0.232. The molecule has 0 aliphatic carbocycles. The first kappa shape index (κ1) is 30.6. The minimum atomic E-state index is -0.871. The van der Waals surface area contributed by atoms with Crippen LogP contribution < -0.4 is 15.2 Å². The van der Waals surface area contributed by atoms with Crippen LogP contribution in [-0.2, 0) is 4.79 Å². The van der Waals surface area contributed by atoms with E-state index in [2.05, 4.69) is 21.8 Å². The van der Waals surface area contributed by atoms with Gasteiger partial charge >= 0.3 is 0 Å². The Morgan fingerprint density at radius 1 is 1.11 bits per heavy atom. The molecule has 2 unspecified atom stereocenters. The number of pyridine rings is 2. The fraction of sp³-hybridized carbons (Fsp3) is 0.333. The number of aromatic nitrogens is 4. The maximum absolute atomic E-state index is 17.6. The van der Waals surface area contributed by atoms with Crippen LogP contribution in [0.5, 0.6) is 5.75 Å². The van der Waals surface area contributed by atoms with Gasteiger partial charge in [0.15, 0.2) is 5.82 Å². The molecule has 1 N–H and O–H groups in total. The molecule has 3 aromatic heterocycles.